The van der Waals surface area contributed by atoms with Gasteiger partial charge in [-0.15, -0.1) is 11.8 Å². The Balaban J connectivity index is 2.30. The number of carbonyl (C=O) groups is 1. The van der Waals surface area contributed by atoms with Crippen molar-refractivity contribution in [3.63, 3.8) is 0 Å². The van der Waals surface area contributed by atoms with E-state index in [4.69, 9.17) is 16.4 Å². The Labute approximate surface area is 105 Å². The van der Waals surface area contributed by atoms with Crippen LogP contribution in [0, 0.1) is 0 Å². The van der Waals surface area contributed by atoms with Crippen molar-refractivity contribution in [1.29, 1.82) is 0 Å². The molecule has 5 heteroatoms. The number of thioether (sulfide) groups is 1. The zero-order valence-electron chi connectivity index (χ0n) is 9.27. The van der Waals surface area contributed by atoms with Gasteiger partial charge in [-0.05, 0) is 17.7 Å². The predicted molar refractivity (Wildman–Crippen MR) is 67.4 cm³/mol. The molecule has 1 aromatic carbocycles. The van der Waals surface area contributed by atoms with Crippen LogP contribution in [-0.2, 0) is 15.4 Å². The van der Waals surface area contributed by atoms with E-state index in [0.717, 1.165) is 16.3 Å². The maximum absolute atomic E-state index is 11.4. The smallest absolute Gasteiger partial charge is 0.255 e. The molecule has 0 unspecified atom stereocenters. The summed E-state index contributed by atoms with van der Waals surface area (Å²) in [6.45, 7) is 0. The van der Waals surface area contributed by atoms with E-state index in [2.05, 4.69) is 0 Å². The number of nitrogens with zero attached hydrogens (tertiary/aromatic N) is 1. The van der Waals surface area contributed by atoms with Crippen molar-refractivity contribution >= 4 is 29.3 Å². The Hall–Kier alpha value is -0.710. The largest absolute Gasteiger partial charge is 0.275 e. The van der Waals surface area contributed by atoms with Crippen molar-refractivity contribution in [1.82, 2.24) is 5.06 Å². The number of hydrogen-bond acceptors (Lipinski definition) is 3. The van der Waals surface area contributed by atoms with Gasteiger partial charge in [-0.2, -0.15) is 0 Å². The van der Waals surface area contributed by atoms with Crippen molar-refractivity contribution < 1.29 is 9.63 Å². The van der Waals surface area contributed by atoms with Gasteiger partial charge in [-0.1, -0.05) is 23.7 Å². The molecular formula is C11H14ClNO2S. The van der Waals surface area contributed by atoms with E-state index in [1.807, 2.05) is 24.3 Å². The Morgan fingerprint density at radius 3 is 2.62 bits per heavy atom. The number of hydrogen-bond donors (Lipinski definition) is 0. The lowest BCUT2D eigenvalue weighted by molar-refractivity contribution is -0.165. The van der Waals surface area contributed by atoms with Crippen LogP contribution in [0.5, 0.6) is 0 Å². The van der Waals surface area contributed by atoms with Crippen LogP contribution in [0.25, 0.3) is 0 Å². The van der Waals surface area contributed by atoms with Crippen LogP contribution in [0.3, 0.4) is 0 Å². The minimum atomic E-state index is -0.0403. The lowest BCUT2D eigenvalue weighted by atomic mass is 10.2. The summed E-state index contributed by atoms with van der Waals surface area (Å²) < 4.78 is 0. The summed E-state index contributed by atoms with van der Waals surface area (Å²) in [5.74, 6) is 1.16. The van der Waals surface area contributed by atoms with Gasteiger partial charge in [0.2, 0.25) is 0 Å². The number of benzene rings is 1. The molecule has 0 saturated carbocycles. The molecule has 0 saturated heterocycles. The molecule has 0 aromatic heterocycles. The fraction of sp³-hybridized carbons (Fsp3) is 0.364. The van der Waals surface area contributed by atoms with Gasteiger partial charge >= 0.3 is 0 Å². The van der Waals surface area contributed by atoms with Crippen LogP contribution in [0.1, 0.15) is 5.56 Å². The first-order valence-corrected chi connectivity index (χ1v) is 6.29. The van der Waals surface area contributed by atoms with Gasteiger partial charge in [-0.3, -0.25) is 9.63 Å². The van der Waals surface area contributed by atoms with Gasteiger partial charge in [0.1, 0.15) is 0 Å². The predicted octanol–water partition coefficient (Wildman–Crippen LogP) is 2.59. The minimum Gasteiger partial charge on any atom is -0.275 e. The van der Waals surface area contributed by atoms with Crippen LogP contribution < -0.4 is 0 Å². The molecule has 1 aromatic rings. The quantitative estimate of drug-likeness (QED) is 0.762. The second kappa shape index (κ2) is 6.78. The van der Waals surface area contributed by atoms with E-state index in [1.54, 1.807) is 18.8 Å². The molecule has 1 amide bonds. The highest BCUT2D eigenvalue weighted by molar-refractivity contribution is 7.99. The first-order valence-electron chi connectivity index (χ1n) is 4.76. The van der Waals surface area contributed by atoms with Gasteiger partial charge in [0.05, 0.1) is 12.9 Å². The molecule has 0 N–H and O–H groups in total. The van der Waals surface area contributed by atoms with Crippen molar-refractivity contribution in [2.24, 2.45) is 0 Å². The topological polar surface area (TPSA) is 29.5 Å². The maximum atomic E-state index is 11.4. The molecule has 0 heterocycles. The normalized spacial score (nSPS) is 10.2. The molecule has 0 atom stereocenters. The lowest BCUT2D eigenvalue weighted by Gasteiger charge is -2.12. The Morgan fingerprint density at radius 2 is 2.06 bits per heavy atom. The highest BCUT2D eigenvalue weighted by Gasteiger charge is 2.07. The molecule has 0 fully saturated rings. The number of rotatable bonds is 5. The van der Waals surface area contributed by atoms with Crippen molar-refractivity contribution in [2.45, 2.75) is 5.75 Å². The van der Waals surface area contributed by atoms with Gasteiger partial charge in [0.15, 0.2) is 0 Å². The third-order valence-electron chi connectivity index (χ3n) is 2.03. The van der Waals surface area contributed by atoms with Gasteiger partial charge in [0, 0.05) is 17.8 Å². The monoisotopic (exact) mass is 259 g/mol. The summed E-state index contributed by atoms with van der Waals surface area (Å²) in [5.41, 5.74) is 1.15. The molecule has 0 aliphatic heterocycles. The number of hydroxylamine groups is 2. The minimum absolute atomic E-state index is 0.0403. The first-order chi connectivity index (χ1) is 7.63. The van der Waals surface area contributed by atoms with Crippen molar-refractivity contribution in [3.05, 3.63) is 34.9 Å². The molecule has 0 aliphatic rings. The molecule has 0 bridgehead atoms. The fourth-order valence-corrected chi connectivity index (χ4v) is 2.04. The molecule has 16 heavy (non-hydrogen) atoms. The molecule has 1 rings (SSSR count). The van der Waals surface area contributed by atoms with E-state index in [1.165, 1.54) is 12.2 Å². The van der Waals surface area contributed by atoms with E-state index in [0.29, 0.717) is 5.75 Å². The molecule has 3 nitrogen and oxygen atoms in total. The summed E-state index contributed by atoms with van der Waals surface area (Å²) >= 11 is 7.32. The van der Waals surface area contributed by atoms with Crippen molar-refractivity contribution in [3.8, 4) is 0 Å². The van der Waals surface area contributed by atoms with E-state index in [9.17, 15) is 4.79 Å². The fourth-order valence-electron chi connectivity index (χ4n) is 1.03. The Morgan fingerprint density at radius 1 is 1.44 bits per heavy atom. The van der Waals surface area contributed by atoms with Gasteiger partial charge in [0.25, 0.3) is 5.91 Å². The number of halogens is 1. The summed E-state index contributed by atoms with van der Waals surface area (Å²) in [5, 5.41) is 1.96. The number of carbonyl (C=O) groups excluding carboxylic acids is 1. The highest BCUT2D eigenvalue weighted by atomic mass is 35.5. The van der Waals surface area contributed by atoms with Crippen molar-refractivity contribution in [2.75, 3.05) is 19.9 Å². The second-order valence-electron chi connectivity index (χ2n) is 3.19. The summed E-state index contributed by atoms with van der Waals surface area (Å²) in [6.07, 6.45) is 0. The van der Waals surface area contributed by atoms with Crippen LogP contribution in [0.2, 0.25) is 5.02 Å². The van der Waals surface area contributed by atoms with E-state index < -0.39 is 0 Å². The Bertz CT molecular complexity index is 342. The zero-order chi connectivity index (χ0) is 12.0. The number of amides is 1. The first kappa shape index (κ1) is 13.4. The molecular weight excluding hydrogens is 246 g/mol. The van der Waals surface area contributed by atoms with Crippen LogP contribution in [0.4, 0.5) is 0 Å². The molecule has 0 spiro atoms. The Kier molecular flexibility index (Phi) is 5.66. The van der Waals surface area contributed by atoms with Crippen LogP contribution >= 0.6 is 23.4 Å². The maximum Gasteiger partial charge on any atom is 0.255 e. The summed E-state index contributed by atoms with van der Waals surface area (Å²) in [4.78, 5) is 16.2. The van der Waals surface area contributed by atoms with Crippen LogP contribution in [0.15, 0.2) is 24.3 Å². The second-order valence-corrected chi connectivity index (χ2v) is 4.62. The lowest BCUT2D eigenvalue weighted by Crippen LogP contribution is -2.27. The van der Waals surface area contributed by atoms with E-state index >= 15 is 0 Å². The van der Waals surface area contributed by atoms with Gasteiger partial charge in [-0.25, -0.2) is 5.06 Å². The third kappa shape index (κ3) is 4.43. The standard InChI is InChI=1S/C11H14ClNO2S/c1-13(15-2)11(14)8-16-7-9-3-5-10(12)6-4-9/h3-6H,7-8H2,1-2H3. The average molecular weight is 260 g/mol. The summed E-state index contributed by atoms with van der Waals surface area (Å²) in [6, 6.07) is 7.61. The molecule has 0 aliphatic carbocycles. The summed E-state index contributed by atoms with van der Waals surface area (Å²) in [7, 11) is 3.08. The molecule has 88 valence electrons. The third-order valence-corrected chi connectivity index (χ3v) is 3.27. The zero-order valence-corrected chi connectivity index (χ0v) is 10.8. The average Bonchev–Trinajstić information content (AvgIpc) is 2.30. The van der Waals surface area contributed by atoms with Gasteiger partial charge < -0.3 is 0 Å². The molecule has 0 radical (unpaired) electrons. The SMILES string of the molecule is CON(C)C(=O)CSCc1ccc(Cl)cc1. The van der Waals surface area contributed by atoms with E-state index in [-0.39, 0.29) is 5.91 Å². The van der Waals surface area contributed by atoms with Crippen LogP contribution in [-0.4, -0.2) is 30.9 Å². The highest BCUT2D eigenvalue weighted by Crippen LogP contribution is 2.15.